The van der Waals surface area contributed by atoms with E-state index in [0.29, 0.717) is 0 Å². The Balaban J connectivity index is 3.27. The highest BCUT2D eigenvalue weighted by atomic mass is 35.5. The lowest BCUT2D eigenvalue weighted by Crippen LogP contribution is -2.36. The third kappa shape index (κ3) is 1.63. The summed E-state index contributed by atoms with van der Waals surface area (Å²) in [7, 11) is 0. The number of rotatable bonds is 3. The van der Waals surface area contributed by atoms with Gasteiger partial charge in [0.25, 0.3) is 0 Å². The number of aliphatic carboxylic acids is 1. The zero-order valence-corrected chi connectivity index (χ0v) is 8.28. The lowest BCUT2D eigenvalue weighted by molar-refractivity contribution is -0.144. The van der Waals surface area contributed by atoms with E-state index in [2.05, 4.69) is 0 Å². The molecule has 4 heteroatoms. The molecule has 1 N–H and O–H groups in total. The molecule has 0 aliphatic heterocycles. The molecule has 0 aliphatic rings. The Morgan fingerprint density at radius 2 is 1.79 bits per heavy atom. The molecule has 14 heavy (non-hydrogen) atoms. The number of Topliss-reactive ketones (excluding diaryl/α,β-unsaturated/α-hetero) is 1. The average molecular weight is 213 g/mol. The number of alkyl halides is 1. The number of benzene rings is 1. The number of halogens is 1. The van der Waals surface area contributed by atoms with E-state index in [1.54, 1.807) is 18.2 Å². The van der Waals surface area contributed by atoms with Crippen LogP contribution in [0.1, 0.15) is 12.5 Å². The minimum Gasteiger partial charge on any atom is -0.479 e. The maximum atomic E-state index is 11.2. The summed E-state index contributed by atoms with van der Waals surface area (Å²) >= 11 is 5.79. The summed E-state index contributed by atoms with van der Waals surface area (Å²) in [5.41, 5.74) is 0.279. The average Bonchev–Trinajstić information content (AvgIpc) is 2.17. The first kappa shape index (κ1) is 10.7. The number of hydrogen-bond acceptors (Lipinski definition) is 2. The molecule has 0 heterocycles. The minimum absolute atomic E-state index is 0.279. The molecule has 0 aliphatic carbocycles. The molecule has 0 radical (unpaired) electrons. The van der Waals surface area contributed by atoms with Crippen LogP contribution in [0.5, 0.6) is 0 Å². The minimum atomic E-state index is -1.96. The zero-order valence-electron chi connectivity index (χ0n) is 7.53. The van der Waals surface area contributed by atoms with Gasteiger partial charge in [-0.05, 0) is 12.5 Å². The summed E-state index contributed by atoms with van der Waals surface area (Å²) in [5, 5.41) is 8.90. The fraction of sp³-hybridized carbons (Fsp3) is 0.200. The van der Waals surface area contributed by atoms with Gasteiger partial charge in [0.2, 0.25) is 4.87 Å². The van der Waals surface area contributed by atoms with Crippen molar-refractivity contribution >= 4 is 23.4 Å². The third-order valence-corrected chi connectivity index (χ3v) is 2.60. The highest BCUT2D eigenvalue weighted by Gasteiger charge is 2.43. The van der Waals surface area contributed by atoms with Gasteiger partial charge < -0.3 is 5.11 Å². The van der Waals surface area contributed by atoms with Gasteiger partial charge in [-0.15, -0.1) is 0 Å². The molecule has 1 aromatic rings. The molecule has 1 unspecified atom stereocenters. The number of carbonyl (C=O) groups is 2. The second kappa shape index (κ2) is 3.80. The Morgan fingerprint density at radius 1 is 1.29 bits per heavy atom. The van der Waals surface area contributed by atoms with Crippen molar-refractivity contribution in [1.82, 2.24) is 0 Å². The molecule has 74 valence electrons. The molecular weight excluding hydrogens is 204 g/mol. The van der Waals surface area contributed by atoms with Crippen molar-refractivity contribution in [2.75, 3.05) is 0 Å². The van der Waals surface area contributed by atoms with Crippen LogP contribution in [0.3, 0.4) is 0 Å². The SMILES string of the molecule is CC(=O)C(Cl)(C(=O)O)c1ccccc1. The third-order valence-electron chi connectivity index (χ3n) is 1.95. The molecule has 1 rings (SSSR count). The lowest BCUT2D eigenvalue weighted by atomic mass is 9.95. The monoisotopic (exact) mass is 212 g/mol. The molecule has 0 saturated carbocycles. The molecule has 0 fully saturated rings. The quantitative estimate of drug-likeness (QED) is 0.614. The Bertz CT molecular complexity index is 345. The Labute approximate surface area is 86.3 Å². The van der Waals surface area contributed by atoms with E-state index in [1.165, 1.54) is 12.1 Å². The van der Waals surface area contributed by atoms with Crippen LogP contribution in [0.4, 0.5) is 0 Å². The molecule has 0 saturated heterocycles. The first-order chi connectivity index (χ1) is 6.49. The van der Waals surface area contributed by atoms with Crippen LogP contribution >= 0.6 is 11.6 Å². The van der Waals surface area contributed by atoms with Gasteiger partial charge in [0, 0.05) is 0 Å². The van der Waals surface area contributed by atoms with E-state index >= 15 is 0 Å². The number of ketones is 1. The zero-order chi connectivity index (χ0) is 10.8. The van der Waals surface area contributed by atoms with Crippen LogP contribution in [0.2, 0.25) is 0 Å². The summed E-state index contributed by atoms with van der Waals surface area (Å²) in [6.07, 6.45) is 0. The van der Waals surface area contributed by atoms with Gasteiger partial charge in [0.1, 0.15) is 0 Å². The summed E-state index contributed by atoms with van der Waals surface area (Å²) in [6.45, 7) is 1.16. The van der Waals surface area contributed by atoms with Crippen LogP contribution < -0.4 is 0 Å². The Kier molecular flexibility index (Phi) is 2.91. The molecule has 1 aromatic carbocycles. The van der Waals surface area contributed by atoms with Gasteiger partial charge in [0.15, 0.2) is 5.78 Å². The first-order valence-corrected chi connectivity index (χ1v) is 4.36. The Hall–Kier alpha value is -1.35. The van der Waals surface area contributed by atoms with Crippen LogP contribution in [-0.4, -0.2) is 16.9 Å². The van der Waals surface area contributed by atoms with Crippen molar-refractivity contribution in [3.63, 3.8) is 0 Å². The number of carbonyl (C=O) groups excluding carboxylic acids is 1. The van der Waals surface area contributed by atoms with E-state index in [9.17, 15) is 9.59 Å². The van der Waals surface area contributed by atoms with Crippen LogP contribution in [0, 0.1) is 0 Å². The molecule has 0 amide bonds. The van der Waals surface area contributed by atoms with Crippen LogP contribution in [-0.2, 0) is 14.5 Å². The van der Waals surface area contributed by atoms with Gasteiger partial charge in [0.05, 0.1) is 0 Å². The Morgan fingerprint density at radius 3 is 2.14 bits per heavy atom. The van der Waals surface area contributed by atoms with Crippen LogP contribution in [0.15, 0.2) is 30.3 Å². The van der Waals surface area contributed by atoms with E-state index in [1.807, 2.05) is 0 Å². The summed E-state index contributed by atoms with van der Waals surface area (Å²) in [6, 6.07) is 8.03. The molecule has 1 atom stereocenters. The number of hydrogen-bond donors (Lipinski definition) is 1. The lowest BCUT2D eigenvalue weighted by Gasteiger charge is -2.18. The molecule has 0 bridgehead atoms. The molecule has 0 spiro atoms. The van der Waals surface area contributed by atoms with E-state index in [4.69, 9.17) is 16.7 Å². The highest BCUT2D eigenvalue weighted by molar-refractivity contribution is 6.44. The standard InChI is InChI=1S/C10H9ClO3/c1-7(12)10(11,9(13)14)8-5-3-2-4-6-8/h2-6H,1H3,(H,13,14). The van der Waals surface area contributed by atoms with Crippen LogP contribution in [0.25, 0.3) is 0 Å². The van der Waals surface area contributed by atoms with Gasteiger partial charge in [-0.2, -0.15) is 0 Å². The van der Waals surface area contributed by atoms with Crippen molar-refractivity contribution in [3.05, 3.63) is 35.9 Å². The highest BCUT2D eigenvalue weighted by Crippen LogP contribution is 2.30. The smallest absolute Gasteiger partial charge is 0.337 e. The van der Waals surface area contributed by atoms with Crippen molar-refractivity contribution in [3.8, 4) is 0 Å². The fourth-order valence-electron chi connectivity index (χ4n) is 1.15. The van der Waals surface area contributed by atoms with Crippen molar-refractivity contribution in [2.24, 2.45) is 0 Å². The second-order valence-electron chi connectivity index (χ2n) is 2.89. The number of carboxylic acids is 1. The van der Waals surface area contributed by atoms with Crippen molar-refractivity contribution in [2.45, 2.75) is 11.8 Å². The molecule has 3 nitrogen and oxygen atoms in total. The second-order valence-corrected chi connectivity index (χ2v) is 3.45. The maximum Gasteiger partial charge on any atom is 0.337 e. The maximum absolute atomic E-state index is 11.2. The molecular formula is C10H9ClO3. The van der Waals surface area contributed by atoms with Gasteiger partial charge in [-0.1, -0.05) is 41.9 Å². The topological polar surface area (TPSA) is 54.4 Å². The van der Waals surface area contributed by atoms with E-state index < -0.39 is 16.6 Å². The van der Waals surface area contributed by atoms with Gasteiger partial charge >= 0.3 is 5.97 Å². The van der Waals surface area contributed by atoms with Gasteiger partial charge in [-0.25, -0.2) is 4.79 Å². The summed E-state index contributed by atoms with van der Waals surface area (Å²) in [5.74, 6) is -1.95. The first-order valence-electron chi connectivity index (χ1n) is 3.98. The van der Waals surface area contributed by atoms with Crippen molar-refractivity contribution in [1.29, 1.82) is 0 Å². The van der Waals surface area contributed by atoms with Crippen molar-refractivity contribution < 1.29 is 14.7 Å². The van der Waals surface area contributed by atoms with E-state index in [-0.39, 0.29) is 5.56 Å². The normalized spacial score (nSPS) is 14.4. The van der Waals surface area contributed by atoms with E-state index in [0.717, 1.165) is 6.92 Å². The fourth-order valence-corrected chi connectivity index (χ4v) is 1.27. The molecule has 0 aromatic heterocycles. The largest absolute Gasteiger partial charge is 0.479 e. The van der Waals surface area contributed by atoms with Gasteiger partial charge in [-0.3, -0.25) is 4.79 Å². The summed E-state index contributed by atoms with van der Waals surface area (Å²) in [4.78, 5) is 20.1. The predicted molar refractivity (Wildman–Crippen MR) is 52.3 cm³/mol. The predicted octanol–water partition coefficient (Wildman–Crippen LogP) is 1.79. The number of carboxylic acid groups (broad SMARTS) is 1. The summed E-state index contributed by atoms with van der Waals surface area (Å²) < 4.78 is 0.